The fourth-order valence-corrected chi connectivity index (χ4v) is 4.82. The molecule has 23 heavy (non-hydrogen) atoms. The molecule has 1 aliphatic carbocycles. The van der Waals surface area contributed by atoms with Crippen molar-refractivity contribution in [2.75, 3.05) is 6.61 Å². The molecule has 0 aromatic heterocycles. The standard InChI is InChI=1S/C20H24O2S/c21-15-18(22)12-11-17-14-20(17,13-16-7-3-1-4-8-16)23-19-9-5-2-6-10-19/h1-10,17-18,21-22H,11-15H2/t17-,18?,20-/m0/s1. The van der Waals surface area contributed by atoms with Crippen molar-refractivity contribution in [3.63, 3.8) is 0 Å². The molecule has 2 aromatic carbocycles. The fraction of sp³-hybridized carbons (Fsp3) is 0.400. The van der Waals surface area contributed by atoms with E-state index in [0.717, 1.165) is 12.8 Å². The van der Waals surface area contributed by atoms with Gasteiger partial charge < -0.3 is 10.2 Å². The van der Waals surface area contributed by atoms with Crippen molar-refractivity contribution in [2.45, 2.75) is 41.4 Å². The van der Waals surface area contributed by atoms with Crippen molar-refractivity contribution in [1.82, 2.24) is 0 Å². The average molecular weight is 328 g/mol. The third kappa shape index (κ3) is 4.37. The molecule has 0 saturated heterocycles. The second-order valence-electron chi connectivity index (χ2n) is 6.46. The van der Waals surface area contributed by atoms with Crippen LogP contribution in [0.4, 0.5) is 0 Å². The molecule has 3 rings (SSSR count). The molecule has 0 bridgehead atoms. The molecule has 0 spiro atoms. The molecule has 2 nitrogen and oxygen atoms in total. The molecule has 0 amide bonds. The molecule has 2 aromatic rings. The van der Waals surface area contributed by atoms with Gasteiger partial charge in [0.1, 0.15) is 0 Å². The lowest BCUT2D eigenvalue weighted by Gasteiger charge is -2.18. The summed E-state index contributed by atoms with van der Waals surface area (Å²) in [5.74, 6) is 0.606. The summed E-state index contributed by atoms with van der Waals surface area (Å²) in [4.78, 5) is 1.31. The summed E-state index contributed by atoms with van der Waals surface area (Å²) >= 11 is 1.98. The zero-order valence-electron chi connectivity index (χ0n) is 13.3. The van der Waals surface area contributed by atoms with Gasteiger partial charge in [-0.05, 0) is 49.3 Å². The average Bonchev–Trinajstić information content (AvgIpc) is 3.26. The second kappa shape index (κ2) is 7.52. The number of aliphatic hydroxyl groups excluding tert-OH is 2. The van der Waals surface area contributed by atoms with E-state index in [9.17, 15) is 5.11 Å². The lowest BCUT2D eigenvalue weighted by molar-refractivity contribution is 0.0851. The molecule has 0 heterocycles. The van der Waals surface area contributed by atoms with Crippen LogP contribution >= 0.6 is 11.8 Å². The molecular weight excluding hydrogens is 304 g/mol. The van der Waals surface area contributed by atoms with Crippen molar-refractivity contribution < 1.29 is 10.2 Å². The Morgan fingerprint density at radius 1 is 1.04 bits per heavy atom. The van der Waals surface area contributed by atoms with Crippen LogP contribution in [0.1, 0.15) is 24.8 Å². The maximum Gasteiger partial charge on any atom is 0.0771 e. The van der Waals surface area contributed by atoms with Gasteiger partial charge in [0.2, 0.25) is 0 Å². The van der Waals surface area contributed by atoms with Crippen molar-refractivity contribution in [3.8, 4) is 0 Å². The van der Waals surface area contributed by atoms with Crippen molar-refractivity contribution in [3.05, 3.63) is 66.2 Å². The quantitative estimate of drug-likeness (QED) is 0.772. The van der Waals surface area contributed by atoms with Crippen LogP contribution in [-0.2, 0) is 6.42 Å². The molecule has 0 radical (unpaired) electrons. The fourth-order valence-electron chi connectivity index (χ4n) is 3.25. The van der Waals surface area contributed by atoms with Gasteiger partial charge >= 0.3 is 0 Å². The van der Waals surface area contributed by atoms with E-state index >= 15 is 0 Å². The van der Waals surface area contributed by atoms with E-state index in [1.54, 1.807) is 0 Å². The van der Waals surface area contributed by atoms with Crippen LogP contribution in [0, 0.1) is 5.92 Å². The third-order valence-electron chi connectivity index (χ3n) is 4.65. The first-order valence-electron chi connectivity index (χ1n) is 8.29. The summed E-state index contributed by atoms with van der Waals surface area (Å²) in [6.07, 6.45) is 3.33. The highest BCUT2D eigenvalue weighted by atomic mass is 32.2. The first kappa shape index (κ1) is 16.6. The van der Waals surface area contributed by atoms with Gasteiger partial charge in [0.15, 0.2) is 0 Å². The van der Waals surface area contributed by atoms with Crippen molar-refractivity contribution in [1.29, 1.82) is 0 Å². The highest BCUT2D eigenvalue weighted by Gasteiger charge is 2.54. The molecule has 1 aliphatic rings. The minimum Gasteiger partial charge on any atom is -0.394 e. The topological polar surface area (TPSA) is 40.5 Å². The molecular formula is C20H24O2S. The van der Waals surface area contributed by atoms with E-state index in [4.69, 9.17) is 5.11 Å². The van der Waals surface area contributed by atoms with Crippen molar-refractivity contribution in [2.24, 2.45) is 5.92 Å². The van der Waals surface area contributed by atoms with Crippen LogP contribution in [0.15, 0.2) is 65.6 Å². The summed E-state index contributed by atoms with van der Waals surface area (Å²) in [7, 11) is 0. The Labute approximate surface area is 142 Å². The van der Waals surface area contributed by atoms with Crippen LogP contribution in [0.5, 0.6) is 0 Å². The normalized spacial score (nSPS) is 24.3. The molecule has 1 saturated carbocycles. The SMILES string of the molecule is OCC(O)CC[C@H]1C[C@]1(Cc1ccccc1)Sc1ccccc1. The van der Waals surface area contributed by atoms with E-state index in [-0.39, 0.29) is 11.4 Å². The van der Waals surface area contributed by atoms with Crippen LogP contribution in [0.3, 0.4) is 0 Å². The smallest absolute Gasteiger partial charge is 0.0771 e. The largest absolute Gasteiger partial charge is 0.394 e. The summed E-state index contributed by atoms with van der Waals surface area (Å²) in [6, 6.07) is 21.2. The van der Waals surface area contributed by atoms with Crippen LogP contribution < -0.4 is 0 Å². The predicted octanol–water partition coefficient (Wildman–Crippen LogP) is 3.91. The summed E-state index contributed by atoms with van der Waals surface area (Å²) in [6.45, 7) is -0.135. The molecule has 122 valence electrons. The zero-order valence-corrected chi connectivity index (χ0v) is 14.1. The molecule has 0 aliphatic heterocycles. The van der Waals surface area contributed by atoms with Gasteiger partial charge in [-0.1, -0.05) is 48.5 Å². The Morgan fingerprint density at radius 2 is 1.70 bits per heavy atom. The minimum atomic E-state index is -0.577. The van der Waals surface area contributed by atoms with E-state index in [2.05, 4.69) is 60.7 Å². The molecule has 2 N–H and O–H groups in total. The number of aliphatic hydroxyl groups is 2. The number of hydrogen-bond acceptors (Lipinski definition) is 3. The minimum absolute atomic E-state index is 0.135. The molecule has 1 fully saturated rings. The van der Waals surface area contributed by atoms with Gasteiger partial charge in [0, 0.05) is 9.64 Å². The van der Waals surface area contributed by atoms with Gasteiger partial charge in [0.25, 0.3) is 0 Å². The molecule has 3 heteroatoms. The van der Waals surface area contributed by atoms with Gasteiger partial charge in [-0.15, -0.1) is 11.8 Å². The molecule has 3 atom stereocenters. The van der Waals surface area contributed by atoms with Crippen LogP contribution in [-0.4, -0.2) is 27.7 Å². The van der Waals surface area contributed by atoms with Gasteiger partial charge in [-0.3, -0.25) is 0 Å². The number of hydrogen-bond donors (Lipinski definition) is 2. The highest BCUT2D eigenvalue weighted by molar-refractivity contribution is 8.01. The highest BCUT2D eigenvalue weighted by Crippen LogP contribution is 2.60. The first-order valence-corrected chi connectivity index (χ1v) is 9.10. The summed E-state index contributed by atoms with van der Waals surface area (Å²) in [5, 5.41) is 18.6. The first-order chi connectivity index (χ1) is 11.2. The van der Waals surface area contributed by atoms with Crippen LogP contribution in [0.25, 0.3) is 0 Å². The lowest BCUT2D eigenvalue weighted by Crippen LogP contribution is -2.15. The number of rotatable bonds is 8. The van der Waals surface area contributed by atoms with Gasteiger partial charge in [-0.2, -0.15) is 0 Å². The Morgan fingerprint density at radius 3 is 2.35 bits per heavy atom. The maximum absolute atomic E-state index is 9.63. The Kier molecular flexibility index (Phi) is 5.42. The zero-order chi connectivity index (χ0) is 16.1. The third-order valence-corrected chi connectivity index (χ3v) is 6.20. The van der Waals surface area contributed by atoms with E-state index in [1.807, 2.05) is 11.8 Å². The number of benzene rings is 2. The predicted molar refractivity (Wildman–Crippen MR) is 95.6 cm³/mol. The van der Waals surface area contributed by atoms with Gasteiger partial charge in [0.05, 0.1) is 12.7 Å². The Balaban J connectivity index is 1.70. The Bertz CT molecular complexity index is 558. The second-order valence-corrected chi connectivity index (χ2v) is 7.95. The summed E-state index contributed by atoms with van der Waals surface area (Å²) in [5.41, 5.74) is 1.38. The maximum atomic E-state index is 9.63. The van der Waals surface area contributed by atoms with Crippen LogP contribution in [0.2, 0.25) is 0 Å². The lowest BCUT2D eigenvalue weighted by atomic mass is 10.0. The van der Waals surface area contributed by atoms with E-state index < -0.39 is 6.10 Å². The van der Waals surface area contributed by atoms with Crippen molar-refractivity contribution >= 4 is 11.8 Å². The Hall–Kier alpha value is -1.29. The van der Waals surface area contributed by atoms with E-state index in [1.165, 1.54) is 16.9 Å². The monoisotopic (exact) mass is 328 g/mol. The number of thioether (sulfide) groups is 1. The molecule has 1 unspecified atom stereocenters. The van der Waals surface area contributed by atoms with Gasteiger partial charge in [-0.25, -0.2) is 0 Å². The summed E-state index contributed by atoms with van der Waals surface area (Å²) < 4.78 is 0.234. The van der Waals surface area contributed by atoms with E-state index in [0.29, 0.717) is 12.3 Å².